The van der Waals surface area contributed by atoms with E-state index >= 15 is 0 Å². The second-order valence-corrected chi connectivity index (χ2v) is 5.21. The zero-order chi connectivity index (χ0) is 14.7. The highest BCUT2D eigenvalue weighted by molar-refractivity contribution is 5.14. The standard InChI is InChI=1S/C20H33/c1-3-5-7-9-11-13-15-17-19-20-18-16-14-12-10-8-6-4-2/h3,5,7,9,11,13-15H,1,4,6,8,10,12,16-20H2,2H3. The van der Waals surface area contributed by atoms with Crippen LogP contribution in [0.2, 0.25) is 0 Å². The molecule has 0 aliphatic heterocycles. The minimum Gasteiger partial charge on any atom is -0.0991 e. The first-order valence-corrected chi connectivity index (χ1v) is 8.34. The Morgan fingerprint density at radius 1 is 0.650 bits per heavy atom. The van der Waals surface area contributed by atoms with Crippen LogP contribution in [0.3, 0.4) is 0 Å². The SMILES string of the molecule is C=CC=CC=CC=CCCCCC[CH]CCCCCC. The van der Waals surface area contributed by atoms with Crippen LogP contribution in [-0.4, -0.2) is 0 Å². The molecule has 0 atom stereocenters. The Hall–Kier alpha value is -1.04. The van der Waals surface area contributed by atoms with Crippen LogP contribution >= 0.6 is 0 Å². The maximum absolute atomic E-state index is 3.63. The molecule has 0 N–H and O–H groups in total. The average Bonchev–Trinajstić information content (AvgIpc) is 2.47. The molecule has 0 bridgehead atoms. The quantitative estimate of drug-likeness (QED) is 0.237. The molecule has 0 fully saturated rings. The second-order valence-electron chi connectivity index (χ2n) is 5.21. The van der Waals surface area contributed by atoms with Gasteiger partial charge in [0.15, 0.2) is 0 Å². The molecule has 1 radical (unpaired) electrons. The molecule has 0 aromatic carbocycles. The van der Waals surface area contributed by atoms with Gasteiger partial charge in [-0.05, 0) is 19.3 Å². The van der Waals surface area contributed by atoms with Crippen LogP contribution in [0.25, 0.3) is 0 Å². The molecule has 113 valence electrons. The van der Waals surface area contributed by atoms with Crippen molar-refractivity contribution in [3.05, 3.63) is 55.5 Å². The fraction of sp³-hybridized carbons (Fsp3) is 0.550. The lowest BCUT2D eigenvalue weighted by Gasteiger charge is -2.00. The third-order valence-electron chi connectivity index (χ3n) is 3.26. The van der Waals surface area contributed by atoms with E-state index in [0.29, 0.717) is 0 Å². The predicted octanol–water partition coefficient (Wildman–Crippen LogP) is 6.97. The molecule has 0 aliphatic rings. The number of hydrogen-bond acceptors (Lipinski definition) is 0. The van der Waals surface area contributed by atoms with E-state index in [0.717, 1.165) is 0 Å². The van der Waals surface area contributed by atoms with Gasteiger partial charge >= 0.3 is 0 Å². The molecule has 0 heterocycles. The average molecular weight is 273 g/mol. The van der Waals surface area contributed by atoms with Crippen molar-refractivity contribution in [2.45, 2.75) is 71.1 Å². The number of hydrogen-bond donors (Lipinski definition) is 0. The van der Waals surface area contributed by atoms with Crippen LogP contribution in [0.15, 0.2) is 49.1 Å². The normalized spacial score (nSPS) is 12.1. The van der Waals surface area contributed by atoms with Crippen molar-refractivity contribution in [3.63, 3.8) is 0 Å². The van der Waals surface area contributed by atoms with E-state index in [2.05, 4.69) is 38.2 Å². The van der Waals surface area contributed by atoms with Gasteiger partial charge in [0.25, 0.3) is 0 Å². The lowest BCUT2D eigenvalue weighted by Crippen LogP contribution is -1.82. The van der Waals surface area contributed by atoms with Crippen molar-refractivity contribution >= 4 is 0 Å². The molecule has 0 aliphatic carbocycles. The van der Waals surface area contributed by atoms with Crippen molar-refractivity contribution in [2.24, 2.45) is 0 Å². The molecule has 0 amide bonds. The lowest BCUT2D eigenvalue weighted by atomic mass is 10.1. The molecule has 0 aromatic heterocycles. The molecular formula is C20H33. The monoisotopic (exact) mass is 273 g/mol. The van der Waals surface area contributed by atoms with Gasteiger partial charge in [0.2, 0.25) is 0 Å². The molecule has 0 aromatic rings. The molecule has 0 saturated carbocycles. The molecule has 0 saturated heterocycles. The van der Waals surface area contributed by atoms with Crippen molar-refractivity contribution < 1.29 is 0 Å². The highest BCUT2D eigenvalue weighted by Crippen LogP contribution is 2.10. The molecule has 0 spiro atoms. The Morgan fingerprint density at radius 3 is 1.95 bits per heavy atom. The predicted molar refractivity (Wildman–Crippen MR) is 93.8 cm³/mol. The maximum Gasteiger partial charge on any atom is -0.0348 e. The third-order valence-corrected chi connectivity index (χ3v) is 3.26. The van der Waals surface area contributed by atoms with Crippen LogP contribution in [0.4, 0.5) is 0 Å². The van der Waals surface area contributed by atoms with Gasteiger partial charge < -0.3 is 0 Å². The van der Waals surface area contributed by atoms with E-state index in [4.69, 9.17) is 0 Å². The Kier molecular flexibility index (Phi) is 17.0. The van der Waals surface area contributed by atoms with Gasteiger partial charge in [-0.1, -0.05) is 107 Å². The minimum atomic E-state index is 1.20. The summed E-state index contributed by atoms with van der Waals surface area (Å²) in [5.41, 5.74) is 0. The molecule has 0 rings (SSSR count). The Bertz CT molecular complexity index is 268. The fourth-order valence-electron chi connectivity index (χ4n) is 2.03. The largest absolute Gasteiger partial charge is 0.0991 e. The van der Waals surface area contributed by atoms with E-state index in [-0.39, 0.29) is 0 Å². The van der Waals surface area contributed by atoms with Gasteiger partial charge in [-0.25, -0.2) is 0 Å². The summed E-state index contributed by atoms with van der Waals surface area (Å²) in [6, 6.07) is 0. The summed E-state index contributed by atoms with van der Waals surface area (Å²) in [6.45, 7) is 5.90. The van der Waals surface area contributed by atoms with Gasteiger partial charge in [0.1, 0.15) is 0 Å². The van der Waals surface area contributed by atoms with Crippen molar-refractivity contribution in [1.29, 1.82) is 0 Å². The smallest absolute Gasteiger partial charge is 0.0348 e. The maximum atomic E-state index is 3.63. The van der Waals surface area contributed by atoms with Gasteiger partial charge in [-0.15, -0.1) is 0 Å². The second kappa shape index (κ2) is 18.0. The Morgan fingerprint density at radius 2 is 1.25 bits per heavy atom. The van der Waals surface area contributed by atoms with Crippen molar-refractivity contribution in [3.8, 4) is 0 Å². The summed E-state index contributed by atoms with van der Waals surface area (Å²) in [5.74, 6) is 0. The van der Waals surface area contributed by atoms with E-state index in [1.807, 2.05) is 18.2 Å². The first-order valence-electron chi connectivity index (χ1n) is 8.34. The molecule has 0 nitrogen and oxygen atoms in total. The molecule has 0 heteroatoms. The van der Waals surface area contributed by atoms with Gasteiger partial charge in [-0.2, -0.15) is 0 Å². The van der Waals surface area contributed by atoms with E-state index < -0.39 is 0 Å². The van der Waals surface area contributed by atoms with Crippen LogP contribution < -0.4 is 0 Å². The van der Waals surface area contributed by atoms with Crippen molar-refractivity contribution in [1.82, 2.24) is 0 Å². The Labute approximate surface area is 127 Å². The van der Waals surface area contributed by atoms with Crippen LogP contribution in [0, 0.1) is 6.42 Å². The van der Waals surface area contributed by atoms with Gasteiger partial charge in [0, 0.05) is 0 Å². The first-order chi connectivity index (χ1) is 9.91. The van der Waals surface area contributed by atoms with E-state index in [9.17, 15) is 0 Å². The third kappa shape index (κ3) is 17.0. The molecule has 0 unspecified atom stereocenters. The number of rotatable bonds is 14. The van der Waals surface area contributed by atoms with Crippen LogP contribution in [-0.2, 0) is 0 Å². The first kappa shape index (κ1) is 19.0. The summed E-state index contributed by atoms with van der Waals surface area (Å²) < 4.78 is 0. The lowest BCUT2D eigenvalue weighted by molar-refractivity contribution is 0.627. The van der Waals surface area contributed by atoms with E-state index in [1.54, 1.807) is 6.08 Å². The topological polar surface area (TPSA) is 0 Å². The number of allylic oxidation sites excluding steroid dienone is 7. The van der Waals surface area contributed by atoms with Gasteiger partial charge in [0.05, 0.1) is 0 Å². The highest BCUT2D eigenvalue weighted by Gasteiger charge is 1.91. The molecular weight excluding hydrogens is 240 g/mol. The summed E-state index contributed by atoms with van der Waals surface area (Å²) in [4.78, 5) is 0. The fourth-order valence-corrected chi connectivity index (χ4v) is 2.03. The van der Waals surface area contributed by atoms with Crippen LogP contribution in [0.5, 0.6) is 0 Å². The van der Waals surface area contributed by atoms with E-state index in [1.165, 1.54) is 64.2 Å². The summed E-state index contributed by atoms with van der Waals surface area (Å²) in [5, 5.41) is 0. The summed E-state index contributed by atoms with van der Waals surface area (Å²) >= 11 is 0. The zero-order valence-corrected chi connectivity index (χ0v) is 13.4. The zero-order valence-electron chi connectivity index (χ0n) is 13.4. The summed E-state index contributed by atoms with van der Waals surface area (Å²) in [6.07, 6.45) is 30.1. The Balaban J connectivity index is 3.16. The minimum absolute atomic E-state index is 1.20. The molecule has 20 heavy (non-hydrogen) atoms. The van der Waals surface area contributed by atoms with Crippen molar-refractivity contribution in [2.75, 3.05) is 0 Å². The summed E-state index contributed by atoms with van der Waals surface area (Å²) in [7, 11) is 0. The van der Waals surface area contributed by atoms with Gasteiger partial charge in [-0.3, -0.25) is 0 Å². The highest BCUT2D eigenvalue weighted by atomic mass is 14.0. The van der Waals surface area contributed by atoms with Crippen LogP contribution in [0.1, 0.15) is 71.1 Å². The number of unbranched alkanes of at least 4 members (excludes halogenated alkanes) is 10.